The highest BCUT2D eigenvalue weighted by Gasteiger charge is 2.18. The van der Waals surface area contributed by atoms with E-state index in [2.05, 4.69) is 76.2 Å². The zero-order valence-corrected chi connectivity index (χ0v) is 16.5. The van der Waals surface area contributed by atoms with E-state index in [1.54, 1.807) is 0 Å². The van der Waals surface area contributed by atoms with Crippen LogP contribution in [0.4, 0.5) is 5.69 Å². The largest absolute Gasteiger partial charge is 0.378 e. The molecule has 0 aliphatic heterocycles. The van der Waals surface area contributed by atoms with Crippen molar-refractivity contribution in [1.29, 1.82) is 0 Å². The molecule has 0 bridgehead atoms. The van der Waals surface area contributed by atoms with Crippen molar-refractivity contribution in [3.63, 3.8) is 0 Å². The number of hydrogen-bond acceptors (Lipinski definition) is 3. The fraction of sp³-hybridized carbons (Fsp3) is 0.217. The summed E-state index contributed by atoms with van der Waals surface area (Å²) in [6.45, 7) is 6.32. The average Bonchev–Trinajstić information content (AvgIpc) is 2.99. The number of benzene rings is 2. The van der Waals surface area contributed by atoms with Crippen molar-refractivity contribution in [2.24, 2.45) is 0 Å². The predicted molar refractivity (Wildman–Crippen MR) is 113 cm³/mol. The summed E-state index contributed by atoms with van der Waals surface area (Å²) in [7, 11) is 4.11. The molecular formula is C23H24N4. The molecule has 0 saturated heterocycles. The monoisotopic (exact) mass is 356 g/mol. The minimum Gasteiger partial charge on any atom is -0.378 e. The fourth-order valence-corrected chi connectivity index (χ4v) is 3.77. The van der Waals surface area contributed by atoms with Crippen LogP contribution in [0.2, 0.25) is 0 Å². The standard InChI is InChI=1S/C23H24N4/c1-15-21(18-11-13-19(14-12-18)26(4)5)16(2)24-23-22(15)17(3)25-27(23)20-9-7-6-8-10-20/h6-14H,1-5H3. The lowest BCUT2D eigenvalue weighted by Gasteiger charge is -2.15. The molecule has 4 aromatic rings. The molecule has 0 aliphatic carbocycles. The molecule has 2 heterocycles. The molecule has 2 aromatic carbocycles. The number of fused-ring (bicyclic) bond motifs is 1. The summed E-state index contributed by atoms with van der Waals surface area (Å²) in [6.07, 6.45) is 0. The normalized spacial score (nSPS) is 11.1. The molecule has 27 heavy (non-hydrogen) atoms. The summed E-state index contributed by atoms with van der Waals surface area (Å²) < 4.78 is 1.95. The quantitative estimate of drug-likeness (QED) is 0.513. The van der Waals surface area contributed by atoms with Gasteiger partial charge in [0.25, 0.3) is 0 Å². The zero-order valence-electron chi connectivity index (χ0n) is 16.5. The van der Waals surface area contributed by atoms with Crippen LogP contribution >= 0.6 is 0 Å². The number of hydrogen-bond donors (Lipinski definition) is 0. The summed E-state index contributed by atoms with van der Waals surface area (Å²) >= 11 is 0. The van der Waals surface area contributed by atoms with Crippen LogP contribution in [0.25, 0.3) is 27.8 Å². The maximum Gasteiger partial charge on any atom is 0.163 e. The maximum atomic E-state index is 4.96. The van der Waals surface area contributed by atoms with E-state index in [4.69, 9.17) is 10.1 Å². The Bertz CT molecular complexity index is 1110. The molecule has 4 rings (SSSR count). The molecule has 0 unspecified atom stereocenters. The lowest BCUT2D eigenvalue weighted by molar-refractivity contribution is 0.875. The van der Waals surface area contributed by atoms with Crippen molar-refractivity contribution in [3.05, 3.63) is 71.5 Å². The van der Waals surface area contributed by atoms with Gasteiger partial charge in [0.05, 0.1) is 11.4 Å². The van der Waals surface area contributed by atoms with Crippen LogP contribution in [0.3, 0.4) is 0 Å². The van der Waals surface area contributed by atoms with Crippen molar-refractivity contribution in [2.75, 3.05) is 19.0 Å². The van der Waals surface area contributed by atoms with E-state index < -0.39 is 0 Å². The Labute approximate surface area is 160 Å². The highest BCUT2D eigenvalue weighted by Crippen LogP contribution is 2.34. The van der Waals surface area contributed by atoms with Crippen molar-refractivity contribution in [3.8, 4) is 16.8 Å². The second-order valence-corrected chi connectivity index (χ2v) is 7.17. The number of para-hydroxylation sites is 1. The molecule has 0 radical (unpaired) electrons. The molecule has 0 amide bonds. The molecule has 0 saturated carbocycles. The van der Waals surface area contributed by atoms with Gasteiger partial charge in [-0.3, -0.25) is 0 Å². The van der Waals surface area contributed by atoms with Crippen LogP contribution < -0.4 is 4.90 Å². The molecule has 136 valence electrons. The predicted octanol–water partition coefficient (Wildman–Crippen LogP) is 5.08. The molecule has 0 fully saturated rings. The third kappa shape index (κ3) is 2.87. The Hall–Kier alpha value is -3.14. The van der Waals surface area contributed by atoms with E-state index in [1.165, 1.54) is 22.4 Å². The topological polar surface area (TPSA) is 34.0 Å². The second-order valence-electron chi connectivity index (χ2n) is 7.17. The van der Waals surface area contributed by atoms with E-state index >= 15 is 0 Å². The van der Waals surface area contributed by atoms with Crippen LogP contribution in [-0.2, 0) is 0 Å². The second kappa shape index (κ2) is 6.54. The molecular weight excluding hydrogens is 332 g/mol. The number of aryl methyl sites for hydroxylation is 3. The van der Waals surface area contributed by atoms with Gasteiger partial charge in [0.15, 0.2) is 5.65 Å². The first-order valence-corrected chi connectivity index (χ1v) is 9.17. The van der Waals surface area contributed by atoms with E-state index in [9.17, 15) is 0 Å². The van der Waals surface area contributed by atoms with E-state index in [0.29, 0.717) is 0 Å². The summed E-state index contributed by atoms with van der Waals surface area (Å²) in [5, 5.41) is 5.92. The Kier molecular flexibility index (Phi) is 4.19. The summed E-state index contributed by atoms with van der Waals surface area (Å²) in [5.41, 5.74) is 8.79. The number of rotatable bonds is 3. The molecule has 2 aromatic heterocycles. The average molecular weight is 356 g/mol. The van der Waals surface area contributed by atoms with Crippen LogP contribution in [0, 0.1) is 20.8 Å². The van der Waals surface area contributed by atoms with E-state index in [1.807, 2.05) is 22.9 Å². The Morgan fingerprint density at radius 1 is 0.815 bits per heavy atom. The zero-order chi connectivity index (χ0) is 19.1. The molecule has 0 aliphatic rings. The van der Waals surface area contributed by atoms with Gasteiger partial charge >= 0.3 is 0 Å². The highest BCUT2D eigenvalue weighted by atomic mass is 15.3. The van der Waals surface area contributed by atoms with E-state index in [0.717, 1.165) is 28.1 Å². The maximum absolute atomic E-state index is 4.96. The first-order chi connectivity index (χ1) is 13.0. The van der Waals surface area contributed by atoms with Gasteiger partial charge in [-0.15, -0.1) is 0 Å². The van der Waals surface area contributed by atoms with Crippen LogP contribution in [0.5, 0.6) is 0 Å². The van der Waals surface area contributed by atoms with Gasteiger partial charge < -0.3 is 4.90 Å². The Morgan fingerprint density at radius 3 is 2.11 bits per heavy atom. The molecule has 4 nitrogen and oxygen atoms in total. The lowest BCUT2D eigenvalue weighted by atomic mass is 9.96. The fourth-order valence-electron chi connectivity index (χ4n) is 3.77. The van der Waals surface area contributed by atoms with Gasteiger partial charge in [-0.1, -0.05) is 30.3 Å². The van der Waals surface area contributed by atoms with Gasteiger partial charge in [0.1, 0.15) is 0 Å². The first-order valence-electron chi connectivity index (χ1n) is 9.17. The highest BCUT2D eigenvalue weighted by molar-refractivity contribution is 5.90. The van der Waals surface area contributed by atoms with Gasteiger partial charge in [-0.2, -0.15) is 5.10 Å². The summed E-state index contributed by atoms with van der Waals surface area (Å²) in [6, 6.07) is 18.8. The van der Waals surface area contributed by atoms with Gasteiger partial charge in [-0.05, 0) is 56.2 Å². The Morgan fingerprint density at radius 2 is 1.48 bits per heavy atom. The van der Waals surface area contributed by atoms with Crippen molar-refractivity contribution < 1.29 is 0 Å². The van der Waals surface area contributed by atoms with Crippen LogP contribution in [-0.4, -0.2) is 28.9 Å². The van der Waals surface area contributed by atoms with Crippen molar-refractivity contribution in [1.82, 2.24) is 14.8 Å². The number of pyridine rings is 1. The first kappa shape index (κ1) is 17.3. The third-order valence-electron chi connectivity index (χ3n) is 5.09. The summed E-state index contributed by atoms with van der Waals surface area (Å²) in [5.74, 6) is 0. The molecule has 4 heteroatoms. The van der Waals surface area contributed by atoms with Crippen molar-refractivity contribution in [2.45, 2.75) is 20.8 Å². The smallest absolute Gasteiger partial charge is 0.163 e. The minimum atomic E-state index is 0.919. The number of nitrogens with zero attached hydrogens (tertiary/aromatic N) is 4. The summed E-state index contributed by atoms with van der Waals surface area (Å²) in [4.78, 5) is 7.07. The molecule has 0 N–H and O–H groups in total. The SMILES string of the molecule is Cc1nc2c(c(C)nn2-c2ccccc2)c(C)c1-c1ccc(N(C)C)cc1. The van der Waals surface area contributed by atoms with E-state index in [-0.39, 0.29) is 0 Å². The number of aromatic nitrogens is 3. The van der Waals surface area contributed by atoms with Crippen LogP contribution in [0.15, 0.2) is 54.6 Å². The lowest BCUT2D eigenvalue weighted by Crippen LogP contribution is -2.08. The Balaban J connectivity index is 1.93. The third-order valence-corrected chi connectivity index (χ3v) is 5.09. The minimum absolute atomic E-state index is 0.919. The van der Waals surface area contributed by atoms with Gasteiger partial charge in [0, 0.05) is 36.4 Å². The number of anilines is 1. The molecule has 0 spiro atoms. The molecule has 0 atom stereocenters. The van der Waals surface area contributed by atoms with Crippen LogP contribution in [0.1, 0.15) is 17.0 Å². The van der Waals surface area contributed by atoms with Crippen molar-refractivity contribution >= 4 is 16.7 Å². The van der Waals surface area contributed by atoms with Gasteiger partial charge in [0.2, 0.25) is 0 Å². The van der Waals surface area contributed by atoms with Gasteiger partial charge in [-0.25, -0.2) is 9.67 Å².